The number of hydrogen-bond donors (Lipinski definition) is 2. The number of primary amides is 1. The van der Waals surface area contributed by atoms with Crippen LogP contribution in [-0.4, -0.2) is 17.0 Å². The molecule has 0 saturated heterocycles. The molecule has 1 aromatic carbocycles. The van der Waals surface area contributed by atoms with E-state index in [1.54, 1.807) is 0 Å². The SMILES string of the molecule is NC(=O)CC(CC(=O)O)c1ccc(F)cc1. The molecule has 1 aromatic rings. The first-order valence-electron chi connectivity index (χ1n) is 4.74. The van der Waals surface area contributed by atoms with Crippen LogP contribution in [0.3, 0.4) is 0 Å². The lowest BCUT2D eigenvalue weighted by Crippen LogP contribution is -2.17. The van der Waals surface area contributed by atoms with Crippen LogP contribution in [0.15, 0.2) is 24.3 Å². The lowest BCUT2D eigenvalue weighted by molar-refractivity contribution is -0.137. The fourth-order valence-electron chi connectivity index (χ4n) is 1.50. The molecule has 4 nitrogen and oxygen atoms in total. The number of benzene rings is 1. The van der Waals surface area contributed by atoms with E-state index in [-0.39, 0.29) is 12.8 Å². The maximum atomic E-state index is 12.7. The minimum atomic E-state index is -1.02. The fraction of sp³-hybridized carbons (Fsp3) is 0.273. The van der Waals surface area contributed by atoms with Crippen LogP contribution in [0.2, 0.25) is 0 Å². The lowest BCUT2D eigenvalue weighted by Gasteiger charge is -2.13. The van der Waals surface area contributed by atoms with Gasteiger partial charge in [-0.05, 0) is 17.7 Å². The number of carbonyl (C=O) groups excluding carboxylic acids is 1. The van der Waals surface area contributed by atoms with Gasteiger partial charge in [-0.15, -0.1) is 0 Å². The summed E-state index contributed by atoms with van der Waals surface area (Å²) in [6.07, 6.45) is -0.257. The Balaban J connectivity index is 2.86. The minimum Gasteiger partial charge on any atom is -0.481 e. The van der Waals surface area contributed by atoms with E-state index in [0.29, 0.717) is 5.56 Å². The summed E-state index contributed by atoms with van der Waals surface area (Å²) in [6.45, 7) is 0. The zero-order valence-corrected chi connectivity index (χ0v) is 8.52. The van der Waals surface area contributed by atoms with Crippen LogP contribution in [0.5, 0.6) is 0 Å². The van der Waals surface area contributed by atoms with Crippen LogP contribution in [-0.2, 0) is 9.59 Å². The quantitative estimate of drug-likeness (QED) is 0.791. The summed E-state index contributed by atoms with van der Waals surface area (Å²) in [5.74, 6) is -2.50. The largest absolute Gasteiger partial charge is 0.481 e. The molecule has 5 heteroatoms. The molecule has 86 valence electrons. The van der Waals surface area contributed by atoms with Gasteiger partial charge in [-0.2, -0.15) is 0 Å². The first kappa shape index (κ1) is 12.2. The molecule has 0 heterocycles. The molecule has 0 fully saturated rings. The predicted molar refractivity (Wildman–Crippen MR) is 55.2 cm³/mol. The zero-order valence-electron chi connectivity index (χ0n) is 8.52. The lowest BCUT2D eigenvalue weighted by atomic mass is 9.92. The van der Waals surface area contributed by atoms with Crippen LogP contribution < -0.4 is 5.73 Å². The highest BCUT2D eigenvalue weighted by Crippen LogP contribution is 2.23. The van der Waals surface area contributed by atoms with Gasteiger partial charge in [-0.25, -0.2) is 4.39 Å². The van der Waals surface area contributed by atoms with Gasteiger partial charge in [0.05, 0.1) is 6.42 Å². The van der Waals surface area contributed by atoms with Crippen molar-refractivity contribution in [2.75, 3.05) is 0 Å². The van der Waals surface area contributed by atoms with Crippen molar-refractivity contribution >= 4 is 11.9 Å². The van der Waals surface area contributed by atoms with Crippen LogP contribution >= 0.6 is 0 Å². The summed E-state index contributed by atoms with van der Waals surface area (Å²) < 4.78 is 12.7. The molecule has 1 rings (SSSR count). The average molecular weight is 225 g/mol. The second-order valence-corrected chi connectivity index (χ2v) is 3.52. The normalized spacial score (nSPS) is 12.1. The van der Waals surface area contributed by atoms with Crippen molar-refractivity contribution in [3.05, 3.63) is 35.6 Å². The van der Waals surface area contributed by atoms with Crippen molar-refractivity contribution < 1.29 is 19.1 Å². The van der Waals surface area contributed by atoms with Crippen molar-refractivity contribution in [3.63, 3.8) is 0 Å². The third kappa shape index (κ3) is 3.68. The Morgan fingerprint density at radius 1 is 1.25 bits per heavy atom. The Bertz CT molecular complexity index is 373. The third-order valence-electron chi connectivity index (χ3n) is 2.21. The summed E-state index contributed by atoms with van der Waals surface area (Å²) in [5, 5.41) is 8.69. The number of nitrogens with two attached hydrogens (primary N) is 1. The van der Waals surface area contributed by atoms with E-state index in [2.05, 4.69) is 0 Å². The van der Waals surface area contributed by atoms with Crippen molar-refractivity contribution in [3.8, 4) is 0 Å². The maximum absolute atomic E-state index is 12.7. The molecule has 0 radical (unpaired) electrons. The number of carboxylic acids is 1. The highest BCUT2D eigenvalue weighted by Gasteiger charge is 2.17. The number of rotatable bonds is 5. The second-order valence-electron chi connectivity index (χ2n) is 3.52. The van der Waals surface area contributed by atoms with E-state index >= 15 is 0 Å². The molecule has 0 saturated carbocycles. The van der Waals surface area contributed by atoms with Gasteiger partial charge in [0.1, 0.15) is 5.82 Å². The molecule has 0 aliphatic heterocycles. The number of amides is 1. The van der Waals surface area contributed by atoms with Gasteiger partial charge in [0.15, 0.2) is 0 Å². The topological polar surface area (TPSA) is 80.4 Å². The Morgan fingerprint density at radius 3 is 2.25 bits per heavy atom. The Labute approximate surface area is 91.9 Å². The van der Waals surface area contributed by atoms with Crippen LogP contribution in [0, 0.1) is 5.82 Å². The molecule has 1 atom stereocenters. The average Bonchev–Trinajstić information content (AvgIpc) is 2.16. The smallest absolute Gasteiger partial charge is 0.303 e. The van der Waals surface area contributed by atoms with E-state index < -0.39 is 23.6 Å². The van der Waals surface area contributed by atoms with Crippen molar-refractivity contribution in [1.82, 2.24) is 0 Å². The standard InChI is InChI=1S/C11H12FNO3/c12-9-3-1-7(2-4-9)8(5-10(13)14)6-11(15)16/h1-4,8H,5-6H2,(H2,13,14)(H,15,16). The molecular formula is C11H12FNO3. The van der Waals surface area contributed by atoms with Gasteiger partial charge in [0, 0.05) is 12.3 Å². The Kier molecular flexibility index (Phi) is 3.99. The van der Waals surface area contributed by atoms with Gasteiger partial charge in [-0.1, -0.05) is 12.1 Å². The molecule has 0 aliphatic rings. The number of carbonyl (C=O) groups is 2. The molecule has 1 amide bonds. The number of aliphatic carboxylic acids is 1. The molecular weight excluding hydrogens is 213 g/mol. The van der Waals surface area contributed by atoms with Crippen LogP contribution in [0.4, 0.5) is 4.39 Å². The highest BCUT2D eigenvalue weighted by atomic mass is 19.1. The van der Waals surface area contributed by atoms with E-state index in [9.17, 15) is 14.0 Å². The summed E-state index contributed by atoms with van der Waals surface area (Å²) in [4.78, 5) is 21.4. The maximum Gasteiger partial charge on any atom is 0.303 e. The molecule has 0 bridgehead atoms. The summed E-state index contributed by atoms with van der Waals surface area (Å²) in [6, 6.07) is 5.38. The van der Waals surface area contributed by atoms with Gasteiger partial charge < -0.3 is 10.8 Å². The minimum absolute atomic E-state index is 0.0576. The number of hydrogen-bond acceptors (Lipinski definition) is 2. The van der Waals surface area contributed by atoms with Gasteiger partial charge >= 0.3 is 5.97 Å². The predicted octanol–water partition coefficient (Wildman–Crippen LogP) is 1.26. The van der Waals surface area contributed by atoms with E-state index in [0.717, 1.165) is 0 Å². The zero-order chi connectivity index (χ0) is 12.1. The summed E-state index contributed by atoms with van der Waals surface area (Å²) in [7, 11) is 0. The van der Waals surface area contributed by atoms with E-state index in [1.807, 2.05) is 0 Å². The number of carboxylic acid groups (broad SMARTS) is 1. The third-order valence-corrected chi connectivity index (χ3v) is 2.21. The number of halogens is 1. The van der Waals surface area contributed by atoms with Crippen LogP contribution in [0.1, 0.15) is 24.3 Å². The highest BCUT2D eigenvalue weighted by molar-refractivity contribution is 5.76. The van der Waals surface area contributed by atoms with Gasteiger partial charge in [0.25, 0.3) is 0 Å². The first-order valence-corrected chi connectivity index (χ1v) is 4.74. The molecule has 16 heavy (non-hydrogen) atoms. The van der Waals surface area contributed by atoms with E-state index in [1.165, 1.54) is 24.3 Å². The molecule has 3 N–H and O–H groups in total. The van der Waals surface area contributed by atoms with Gasteiger partial charge in [-0.3, -0.25) is 9.59 Å². The summed E-state index contributed by atoms with van der Waals surface area (Å²) >= 11 is 0. The van der Waals surface area contributed by atoms with Crippen LogP contribution in [0.25, 0.3) is 0 Å². The monoisotopic (exact) mass is 225 g/mol. The molecule has 0 spiro atoms. The second kappa shape index (κ2) is 5.25. The summed E-state index contributed by atoms with van der Waals surface area (Å²) in [5.41, 5.74) is 5.63. The van der Waals surface area contributed by atoms with Crippen molar-refractivity contribution in [1.29, 1.82) is 0 Å². The van der Waals surface area contributed by atoms with E-state index in [4.69, 9.17) is 10.8 Å². The van der Waals surface area contributed by atoms with Crippen molar-refractivity contribution in [2.24, 2.45) is 5.73 Å². The molecule has 0 aromatic heterocycles. The van der Waals surface area contributed by atoms with Gasteiger partial charge in [0.2, 0.25) is 5.91 Å². The Morgan fingerprint density at radius 2 is 1.81 bits per heavy atom. The molecule has 1 unspecified atom stereocenters. The Hall–Kier alpha value is -1.91. The molecule has 0 aliphatic carbocycles. The van der Waals surface area contributed by atoms with Crippen molar-refractivity contribution in [2.45, 2.75) is 18.8 Å². The fourth-order valence-corrected chi connectivity index (χ4v) is 1.50. The first-order chi connectivity index (χ1) is 7.49.